The topological polar surface area (TPSA) is 63.7 Å². The normalized spacial score (nSPS) is 24.8. The number of amides is 2. The molecule has 1 aromatic rings. The summed E-state index contributed by atoms with van der Waals surface area (Å²) in [4.78, 5) is 36.5. The van der Waals surface area contributed by atoms with E-state index in [-0.39, 0.29) is 17.9 Å². The molecule has 22 heavy (non-hydrogen) atoms. The summed E-state index contributed by atoms with van der Waals surface area (Å²) in [7, 11) is 0. The van der Waals surface area contributed by atoms with Crippen molar-refractivity contribution in [3.8, 4) is 0 Å². The molecule has 0 aromatic heterocycles. The summed E-state index contributed by atoms with van der Waals surface area (Å²) in [5, 5.41) is 0. The Labute approximate surface area is 129 Å². The molecule has 0 radical (unpaired) electrons. The first-order chi connectivity index (χ1) is 10.7. The average molecular weight is 301 g/mol. The zero-order valence-corrected chi connectivity index (χ0v) is 12.4. The van der Waals surface area contributed by atoms with Crippen LogP contribution in [0, 0.1) is 5.92 Å². The van der Waals surface area contributed by atoms with E-state index in [4.69, 9.17) is 4.74 Å². The lowest BCUT2D eigenvalue weighted by atomic mass is 9.86. The third kappa shape index (κ3) is 2.89. The fraction of sp³-hybridized carbons (Fsp3) is 0.471. The molecule has 2 amide bonds. The van der Waals surface area contributed by atoms with E-state index in [1.807, 2.05) is 18.2 Å². The lowest BCUT2D eigenvalue weighted by Crippen LogP contribution is -2.45. The van der Waals surface area contributed by atoms with Gasteiger partial charge in [0.05, 0.1) is 6.42 Å². The van der Waals surface area contributed by atoms with Gasteiger partial charge in [-0.25, -0.2) is 0 Å². The SMILES string of the molecule is O=COC1CCC(CN2C(=O)Cc3ccccc3C2=O)CC1. The van der Waals surface area contributed by atoms with E-state index in [1.165, 1.54) is 4.90 Å². The van der Waals surface area contributed by atoms with Crippen LogP contribution >= 0.6 is 0 Å². The van der Waals surface area contributed by atoms with Crippen molar-refractivity contribution in [2.24, 2.45) is 5.92 Å². The van der Waals surface area contributed by atoms with Crippen LogP contribution in [0.5, 0.6) is 0 Å². The Morgan fingerprint density at radius 2 is 1.86 bits per heavy atom. The summed E-state index contributed by atoms with van der Waals surface area (Å²) in [6.07, 6.45) is 3.63. The molecule has 1 heterocycles. The van der Waals surface area contributed by atoms with Gasteiger partial charge in [-0.2, -0.15) is 0 Å². The summed E-state index contributed by atoms with van der Waals surface area (Å²) >= 11 is 0. The first-order valence-corrected chi connectivity index (χ1v) is 7.70. The molecule has 5 heteroatoms. The molecule has 0 spiro atoms. The fourth-order valence-corrected chi connectivity index (χ4v) is 3.37. The Hall–Kier alpha value is -2.17. The van der Waals surface area contributed by atoms with Crippen LogP contribution in [-0.4, -0.2) is 35.8 Å². The first kappa shape index (κ1) is 14.8. The zero-order valence-electron chi connectivity index (χ0n) is 12.4. The quantitative estimate of drug-likeness (QED) is 0.630. The van der Waals surface area contributed by atoms with E-state index >= 15 is 0 Å². The predicted molar refractivity (Wildman–Crippen MR) is 79.1 cm³/mol. The summed E-state index contributed by atoms with van der Waals surface area (Å²) in [5.41, 5.74) is 1.46. The molecule has 1 saturated carbocycles. The molecule has 0 atom stereocenters. The van der Waals surface area contributed by atoms with Crippen LogP contribution < -0.4 is 0 Å². The van der Waals surface area contributed by atoms with Crippen molar-refractivity contribution in [3.63, 3.8) is 0 Å². The maximum atomic E-state index is 12.5. The van der Waals surface area contributed by atoms with Crippen molar-refractivity contribution >= 4 is 18.3 Å². The Kier molecular flexibility index (Phi) is 4.22. The van der Waals surface area contributed by atoms with E-state index in [2.05, 4.69) is 0 Å². The van der Waals surface area contributed by atoms with Crippen LogP contribution in [0.15, 0.2) is 24.3 Å². The molecular formula is C17H19NO4. The molecule has 0 bridgehead atoms. The Balaban J connectivity index is 1.65. The second-order valence-corrected chi connectivity index (χ2v) is 6.02. The number of carbonyl (C=O) groups excluding carboxylic acids is 3. The van der Waals surface area contributed by atoms with Crippen molar-refractivity contribution in [1.29, 1.82) is 0 Å². The minimum Gasteiger partial charge on any atom is -0.465 e. The maximum absolute atomic E-state index is 12.5. The monoisotopic (exact) mass is 301 g/mol. The van der Waals surface area contributed by atoms with Gasteiger partial charge in [-0.3, -0.25) is 19.3 Å². The van der Waals surface area contributed by atoms with Crippen molar-refractivity contribution in [1.82, 2.24) is 4.90 Å². The van der Waals surface area contributed by atoms with Crippen LogP contribution in [0.3, 0.4) is 0 Å². The molecule has 1 aromatic carbocycles. The van der Waals surface area contributed by atoms with Crippen LogP contribution in [0.25, 0.3) is 0 Å². The van der Waals surface area contributed by atoms with Crippen molar-refractivity contribution < 1.29 is 19.1 Å². The molecule has 1 fully saturated rings. The highest BCUT2D eigenvalue weighted by molar-refractivity contribution is 6.09. The van der Waals surface area contributed by atoms with Crippen molar-refractivity contribution in [3.05, 3.63) is 35.4 Å². The number of carbonyl (C=O) groups is 3. The molecule has 116 valence electrons. The third-order valence-corrected chi connectivity index (χ3v) is 4.62. The standard InChI is InChI=1S/C17H19NO4/c19-11-22-14-7-5-12(6-8-14)10-18-16(20)9-13-3-1-2-4-15(13)17(18)21/h1-4,11-12,14H,5-10H2. The second kappa shape index (κ2) is 6.30. The largest absolute Gasteiger partial charge is 0.465 e. The summed E-state index contributed by atoms with van der Waals surface area (Å²) in [6.45, 7) is 0.972. The number of rotatable bonds is 4. The highest BCUT2D eigenvalue weighted by Gasteiger charge is 2.33. The Morgan fingerprint density at radius 3 is 2.59 bits per heavy atom. The van der Waals surface area contributed by atoms with Gasteiger partial charge < -0.3 is 4.74 Å². The third-order valence-electron chi connectivity index (χ3n) is 4.62. The fourth-order valence-electron chi connectivity index (χ4n) is 3.37. The molecule has 1 aliphatic heterocycles. The Bertz CT molecular complexity index is 590. The molecule has 0 unspecified atom stereocenters. The predicted octanol–water partition coefficient (Wildman–Crippen LogP) is 1.94. The van der Waals surface area contributed by atoms with Gasteiger partial charge >= 0.3 is 0 Å². The number of fused-ring (bicyclic) bond motifs is 1. The molecule has 0 saturated heterocycles. The van der Waals surface area contributed by atoms with Crippen LogP contribution in [0.4, 0.5) is 0 Å². The van der Waals surface area contributed by atoms with Gasteiger partial charge in [-0.1, -0.05) is 18.2 Å². The van der Waals surface area contributed by atoms with Crippen molar-refractivity contribution in [2.75, 3.05) is 6.54 Å². The van der Waals surface area contributed by atoms with Gasteiger partial charge in [0.2, 0.25) is 5.91 Å². The maximum Gasteiger partial charge on any atom is 0.293 e. The van der Waals surface area contributed by atoms with E-state index in [9.17, 15) is 14.4 Å². The molecule has 1 aliphatic carbocycles. The lowest BCUT2D eigenvalue weighted by Gasteiger charge is -2.33. The molecule has 5 nitrogen and oxygen atoms in total. The van der Waals surface area contributed by atoms with E-state index in [1.54, 1.807) is 6.07 Å². The Morgan fingerprint density at radius 1 is 1.14 bits per heavy atom. The van der Waals surface area contributed by atoms with Crippen molar-refractivity contribution in [2.45, 2.75) is 38.2 Å². The highest BCUT2D eigenvalue weighted by Crippen LogP contribution is 2.28. The summed E-state index contributed by atoms with van der Waals surface area (Å²) < 4.78 is 4.98. The molecule has 0 N–H and O–H groups in total. The number of imide groups is 1. The van der Waals surface area contributed by atoms with Gasteiger partial charge in [0.1, 0.15) is 6.10 Å². The molecule has 2 aliphatic rings. The number of hydrogen-bond acceptors (Lipinski definition) is 4. The number of benzene rings is 1. The van der Waals surface area contributed by atoms with Gasteiger partial charge in [0.25, 0.3) is 12.4 Å². The molecular weight excluding hydrogens is 282 g/mol. The van der Waals surface area contributed by atoms with E-state index < -0.39 is 0 Å². The van der Waals surface area contributed by atoms with Crippen LogP contribution in [0.2, 0.25) is 0 Å². The zero-order chi connectivity index (χ0) is 15.5. The number of hydrogen-bond donors (Lipinski definition) is 0. The van der Waals surface area contributed by atoms with Gasteiger partial charge in [0, 0.05) is 12.1 Å². The highest BCUT2D eigenvalue weighted by atomic mass is 16.5. The smallest absolute Gasteiger partial charge is 0.293 e. The van der Waals surface area contributed by atoms with E-state index in [0.717, 1.165) is 31.2 Å². The first-order valence-electron chi connectivity index (χ1n) is 7.70. The second-order valence-electron chi connectivity index (χ2n) is 6.02. The lowest BCUT2D eigenvalue weighted by molar-refractivity contribution is -0.135. The van der Waals surface area contributed by atoms with Gasteiger partial charge in [-0.15, -0.1) is 0 Å². The summed E-state index contributed by atoms with van der Waals surface area (Å²) in [5.74, 6) is -0.00209. The van der Waals surface area contributed by atoms with Gasteiger partial charge in [0.15, 0.2) is 0 Å². The van der Waals surface area contributed by atoms with Gasteiger partial charge in [-0.05, 0) is 43.2 Å². The number of nitrogens with zero attached hydrogens (tertiary/aromatic N) is 1. The average Bonchev–Trinajstić information content (AvgIpc) is 2.53. The summed E-state index contributed by atoms with van der Waals surface area (Å²) in [6, 6.07) is 7.30. The van der Waals surface area contributed by atoms with Crippen LogP contribution in [-0.2, 0) is 20.7 Å². The number of ether oxygens (including phenoxy) is 1. The van der Waals surface area contributed by atoms with E-state index in [0.29, 0.717) is 30.9 Å². The molecule has 3 rings (SSSR count). The minimum atomic E-state index is -0.182. The minimum absolute atomic E-state index is 0.0118. The van der Waals surface area contributed by atoms with Crippen LogP contribution in [0.1, 0.15) is 41.6 Å².